The molecule has 1 amide bonds. The maximum atomic E-state index is 13.0. The quantitative estimate of drug-likeness (QED) is 0.161. The second-order valence-corrected chi connectivity index (χ2v) is 11.7. The van der Waals surface area contributed by atoms with Crippen LogP contribution in [0.1, 0.15) is 47.7 Å². The summed E-state index contributed by atoms with van der Waals surface area (Å²) in [5.41, 5.74) is 1.35. The van der Waals surface area contributed by atoms with Crippen molar-refractivity contribution < 1.29 is 19.6 Å². The molecule has 0 saturated heterocycles. The Bertz CT molecular complexity index is 1790. The number of thioether (sulfide) groups is 1. The first-order chi connectivity index (χ1) is 20.0. The van der Waals surface area contributed by atoms with Crippen molar-refractivity contribution in [3.63, 3.8) is 0 Å². The van der Waals surface area contributed by atoms with Crippen LogP contribution in [0, 0.1) is 34.3 Å². The molecule has 9 nitrogen and oxygen atoms in total. The average molecular weight is 581 g/mol. The van der Waals surface area contributed by atoms with Crippen molar-refractivity contribution >= 4 is 45.6 Å². The SMILES string of the molecule is CC(=O)C1C(c2cccc([N+](=O)[O-])c2)c2c(C)nc(SCC(=O)Nc3cccc4ccccc34)c(C#N)c2CC1(C)O. The number of ketones is 1. The standard InChI is InChI=1S/C32H28N4O5S/c1-18-28-24(15-32(3,39)30(19(2)37)29(28)21-10-6-11-22(14-21)36(40)41)25(16-33)31(34-18)42-17-27(38)35-26-13-7-9-20-8-4-5-12-23(20)26/h4-14,29-30,39H,15,17H2,1-3H3,(H,35,38). The molecule has 4 aromatic rings. The maximum absolute atomic E-state index is 13.0. The van der Waals surface area contributed by atoms with Crippen LogP contribution in [0.2, 0.25) is 0 Å². The van der Waals surface area contributed by atoms with Gasteiger partial charge in [0.2, 0.25) is 5.91 Å². The first-order valence-electron chi connectivity index (χ1n) is 13.3. The van der Waals surface area contributed by atoms with E-state index >= 15 is 0 Å². The minimum Gasteiger partial charge on any atom is -0.389 e. The molecule has 3 unspecified atom stereocenters. The fraction of sp³-hybridized carbons (Fsp3) is 0.250. The lowest BCUT2D eigenvalue weighted by Crippen LogP contribution is -2.48. The van der Waals surface area contributed by atoms with E-state index in [0.29, 0.717) is 33.1 Å². The second-order valence-electron chi connectivity index (χ2n) is 10.7. The van der Waals surface area contributed by atoms with Crippen LogP contribution in [0.4, 0.5) is 11.4 Å². The monoisotopic (exact) mass is 580 g/mol. The number of nitriles is 1. The molecule has 0 spiro atoms. The number of fused-ring (bicyclic) bond motifs is 2. The average Bonchev–Trinajstić information content (AvgIpc) is 2.95. The second kappa shape index (κ2) is 11.4. The fourth-order valence-electron chi connectivity index (χ4n) is 6.08. The molecule has 10 heteroatoms. The summed E-state index contributed by atoms with van der Waals surface area (Å²) in [5, 5.41) is 38.6. The van der Waals surface area contributed by atoms with Crippen molar-refractivity contribution in [2.24, 2.45) is 5.92 Å². The number of carbonyl (C=O) groups is 2. The summed E-state index contributed by atoms with van der Waals surface area (Å²) in [5.74, 6) is -2.22. The number of benzene rings is 3. The van der Waals surface area contributed by atoms with Gasteiger partial charge < -0.3 is 10.4 Å². The van der Waals surface area contributed by atoms with Crippen molar-refractivity contribution in [3.05, 3.63) is 105 Å². The van der Waals surface area contributed by atoms with Crippen LogP contribution in [0.15, 0.2) is 71.8 Å². The molecule has 0 saturated carbocycles. The summed E-state index contributed by atoms with van der Waals surface area (Å²) in [7, 11) is 0. The van der Waals surface area contributed by atoms with Crippen LogP contribution in [0.25, 0.3) is 10.8 Å². The van der Waals surface area contributed by atoms with E-state index in [-0.39, 0.29) is 35.1 Å². The number of nitro groups is 1. The Morgan fingerprint density at radius 3 is 2.62 bits per heavy atom. The van der Waals surface area contributed by atoms with Gasteiger partial charge in [0.1, 0.15) is 16.9 Å². The molecule has 0 radical (unpaired) electrons. The summed E-state index contributed by atoms with van der Waals surface area (Å²) < 4.78 is 0. The Morgan fingerprint density at radius 1 is 1.19 bits per heavy atom. The van der Waals surface area contributed by atoms with Crippen LogP contribution < -0.4 is 5.32 Å². The Hall–Kier alpha value is -4.59. The number of aliphatic hydroxyl groups is 1. The molecule has 3 atom stereocenters. The number of aromatic nitrogens is 1. The van der Waals surface area contributed by atoms with Gasteiger partial charge in [0.15, 0.2) is 0 Å². The minimum absolute atomic E-state index is 0.0100. The molecule has 212 valence electrons. The molecule has 0 fully saturated rings. The lowest BCUT2D eigenvalue weighted by Gasteiger charge is -2.43. The molecule has 42 heavy (non-hydrogen) atoms. The van der Waals surface area contributed by atoms with Crippen molar-refractivity contribution in [2.75, 3.05) is 11.1 Å². The Labute approximate surface area is 246 Å². The van der Waals surface area contributed by atoms with Gasteiger partial charge in [-0.25, -0.2) is 4.98 Å². The summed E-state index contributed by atoms with van der Waals surface area (Å²) >= 11 is 1.12. The van der Waals surface area contributed by atoms with E-state index in [9.17, 15) is 30.1 Å². The normalized spacial score (nSPS) is 19.5. The Kier molecular flexibility index (Phi) is 7.82. The molecule has 1 aliphatic rings. The predicted molar refractivity (Wildman–Crippen MR) is 160 cm³/mol. The number of hydrogen-bond acceptors (Lipinski definition) is 8. The highest BCUT2D eigenvalue weighted by Gasteiger charge is 2.49. The molecule has 1 aliphatic carbocycles. The molecule has 0 aliphatic heterocycles. The third kappa shape index (κ3) is 5.36. The van der Waals surface area contributed by atoms with Gasteiger partial charge in [-0.1, -0.05) is 60.3 Å². The number of aryl methyl sites for hydroxylation is 1. The zero-order valence-electron chi connectivity index (χ0n) is 23.2. The molecule has 3 aromatic carbocycles. The van der Waals surface area contributed by atoms with Crippen molar-refractivity contribution in [2.45, 2.75) is 43.7 Å². The van der Waals surface area contributed by atoms with Gasteiger partial charge >= 0.3 is 0 Å². The number of pyridine rings is 1. The molecule has 0 bridgehead atoms. The number of hydrogen-bond donors (Lipinski definition) is 2. The van der Waals surface area contributed by atoms with E-state index in [1.165, 1.54) is 19.1 Å². The fourth-order valence-corrected chi connectivity index (χ4v) is 6.93. The Morgan fingerprint density at radius 2 is 1.90 bits per heavy atom. The third-order valence-corrected chi connectivity index (χ3v) is 8.72. The van der Waals surface area contributed by atoms with E-state index in [1.807, 2.05) is 42.5 Å². The van der Waals surface area contributed by atoms with Crippen LogP contribution >= 0.6 is 11.8 Å². The zero-order chi connectivity index (χ0) is 30.2. The highest BCUT2D eigenvalue weighted by atomic mass is 32.2. The zero-order valence-corrected chi connectivity index (χ0v) is 24.1. The maximum Gasteiger partial charge on any atom is 0.269 e. The van der Waals surface area contributed by atoms with E-state index in [0.717, 1.165) is 22.5 Å². The lowest BCUT2D eigenvalue weighted by molar-refractivity contribution is -0.384. The van der Waals surface area contributed by atoms with Gasteiger partial charge in [-0.2, -0.15) is 5.26 Å². The topological polar surface area (TPSA) is 146 Å². The van der Waals surface area contributed by atoms with Gasteiger partial charge in [-0.15, -0.1) is 0 Å². The van der Waals surface area contributed by atoms with Crippen LogP contribution in [0.5, 0.6) is 0 Å². The largest absolute Gasteiger partial charge is 0.389 e. The van der Waals surface area contributed by atoms with Gasteiger partial charge in [-0.05, 0) is 48.9 Å². The van der Waals surface area contributed by atoms with E-state index in [1.54, 1.807) is 26.0 Å². The first kappa shape index (κ1) is 28.9. The van der Waals surface area contributed by atoms with Crippen molar-refractivity contribution in [1.82, 2.24) is 4.98 Å². The molecule has 1 aromatic heterocycles. The summed E-state index contributed by atoms with van der Waals surface area (Å²) in [6.45, 7) is 4.69. The first-order valence-corrected chi connectivity index (χ1v) is 14.3. The third-order valence-electron chi connectivity index (χ3n) is 7.74. The van der Waals surface area contributed by atoms with E-state index in [4.69, 9.17) is 4.98 Å². The summed E-state index contributed by atoms with van der Waals surface area (Å²) in [4.78, 5) is 41.6. The number of nitrogens with zero attached hydrogens (tertiary/aromatic N) is 3. The minimum atomic E-state index is -1.54. The van der Waals surface area contributed by atoms with Crippen LogP contribution in [-0.4, -0.2) is 38.1 Å². The highest BCUT2D eigenvalue weighted by molar-refractivity contribution is 8.00. The number of Topliss-reactive ketones (excluding diaryl/α,β-unsaturated/α-hetero) is 1. The van der Waals surface area contributed by atoms with Crippen molar-refractivity contribution in [1.29, 1.82) is 5.26 Å². The number of anilines is 1. The number of nitro benzene ring substituents is 1. The molecule has 2 N–H and O–H groups in total. The predicted octanol–water partition coefficient (Wildman–Crippen LogP) is 5.70. The number of rotatable bonds is 7. The Balaban J connectivity index is 1.52. The highest BCUT2D eigenvalue weighted by Crippen LogP contribution is 2.49. The van der Waals surface area contributed by atoms with E-state index < -0.39 is 22.4 Å². The van der Waals surface area contributed by atoms with Gasteiger partial charge in [0.05, 0.1) is 27.8 Å². The van der Waals surface area contributed by atoms with Crippen molar-refractivity contribution in [3.8, 4) is 6.07 Å². The van der Waals surface area contributed by atoms with Gasteiger partial charge in [0.25, 0.3) is 5.69 Å². The summed E-state index contributed by atoms with van der Waals surface area (Å²) in [6.07, 6.45) is 0.0139. The molecule has 5 rings (SSSR count). The van der Waals surface area contributed by atoms with Gasteiger partial charge in [0, 0.05) is 41.2 Å². The van der Waals surface area contributed by atoms with Crippen LogP contribution in [-0.2, 0) is 16.0 Å². The number of carbonyl (C=O) groups excluding carboxylic acids is 2. The van der Waals surface area contributed by atoms with E-state index in [2.05, 4.69) is 11.4 Å². The molecular formula is C32H28N4O5S. The molecule has 1 heterocycles. The lowest BCUT2D eigenvalue weighted by atomic mass is 9.62. The number of non-ortho nitro benzene ring substituents is 1. The van der Waals surface area contributed by atoms with Crippen LogP contribution in [0.3, 0.4) is 0 Å². The summed E-state index contributed by atoms with van der Waals surface area (Å²) in [6, 6.07) is 21.6. The number of nitrogens with one attached hydrogen (secondary N) is 1. The molecular weight excluding hydrogens is 552 g/mol. The van der Waals surface area contributed by atoms with Gasteiger partial charge in [-0.3, -0.25) is 19.7 Å². The number of amides is 1. The smallest absolute Gasteiger partial charge is 0.269 e.